The van der Waals surface area contributed by atoms with Crippen molar-refractivity contribution in [3.8, 4) is 5.75 Å². The van der Waals surface area contributed by atoms with E-state index in [9.17, 15) is 18.0 Å². The molecule has 0 saturated carbocycles. The number of carbonyl (C=O) groups is 1. The smallest absolute Gasteiger partial charge is 0.401 e. The van der Waals surface area contributed by atoms with E-state index in [1.807, 2.05) is 32.9 Å². The van der Waals surface area contributed by atoms with Gasteiger partial charge in [0.1, 0.15) is 5.75 Å². The Morgan fingerprint density at radius 1 is 1.29 bits per heavy atom. The van der Waals surface area contributed by atoms with Gasteiger partial charge in [-0.15, -0.1) is 0 Å². The highest BCUT2D eigenvalue weighted by atomic mass is 19.4. The third-order valence-electron chi connectivity index (χ3n) is 6.49. The summed E-state index contributed by atoms with van der Waals surface area (Å²) in [7, 11) is 0. The van der Waals surface area contributed by atoms with Crippen molar-refractivity contribution in [1.29, 1.82) is 0 Å². The number of morpholine rings is 1. The van der Waals surface area contributed by atoms with E-state index in [2.05, 4.69) is 5.10 Å². The highest BCUT2D eigenvalue weighted by molar-refractivity contribution is 5.94. The number of carbonyl (C=O) groups excluding carboxylic acids is 1. The van der Waals surface area contributed by atoms with E-state index < -0.39 is 24.4 Å². The molecule has 1 atom stereocenters. The number of nitrogens with zero attached hydrogens (tertiary/aromatic N) is 4. The average molecular weight is 495 g/mol. The summed E-state index contributed by atoms with van der Waals surface area (Å²) < 4.78 is 53.5. The average Bonchev–Trinajstić information content (AvgIpc) is 3.26. The number of ether oxygens (including phenoxy) is 2. The standard InChI is InChI=1S/C25H33F3N4O3/c1-18(2)34-22-6-5-20(13-19(22)3)23(33)31-11-7-24(8-12-31)16-30(17-25(26,27)28)14-21(35-24)15-32-10-4-9-29-32/h4-6,9-10,13,18,21H,7-8,11-12,14-17H2,1-3H3. The first kappa shape index (κ1) is 25.5. The predicted octanol–water partition coefficient (Wildman–Crippen LogP) is 3.92. The summed E-state index contributed by atoms with van der Waals surface area (Å²) in [6.45, 7) is 6.46. The molecule has 3 heterocycles. The summed E-state index contributed by atoms with van der Waals surface area (Å²) in [4.78, 5) is 16.4. The van der Waals surface area contributed by atoms with Crippen molar-refractivity contribution in [3.05, 3.63) is 47.8 Å². The maximum atomic E-state index is 13.2. The van der Waals surface area contributed by atoms with Gasteiger partial charge < -0.3 is 14.4 Å². The van der Waals surface area contributed by atoms with Gasteiger partial charge in [-0.3, -0.25) is 14.4 Å². The van der Waals surface area contributed by atoms with Gasteiger partial charge >= 0.3 is 6.18 Å². The van der Waals surface area contributed by atoms with Crippen LogP contribution in [0.15, 0.2) is 36.7 Å². The summed E-state index contributed by atoms with van der Waals surface area (Å²) in [5.41, 5.74) is 0.746. The van der Waals surface area contributed by atoms with Crippen molar-refractivity contribution in [2.45, 2.75) is 64.1 Å². The number of alkyl halides is 3. The second-order valence-electron chi connectivity index (χ2n) is 9.87. The number of aromatic nitrogens is 2. The van der Waals surface area contributed by atoms with Gasteiger partial charge in [-0.2, -0.15) is 18.3 Å². The molecular formula is C25H33F3N4O3. The van der Waals surface area contributed by atoms with Gasteiger partial charge in [-0.05, 0) is 63.4 Å². The van der Waals surface area contributed by atoms with Crippen LogP contribution in [0.1, 0.15) is 42.6 Å². The number of likely N-dealkylation sites (tertiary alicyclic amines) is 1. The van der Waals surface area contributed by atoms with Crippen molar-refractivity contribution >= 4 is 5.91 Å². The predicted molar refractivity (Wildman–Crippen MR) is 124 cm³/mol. The first-order valence-electron chi connectivity index (χ1n) is 12.0. The summed E-state index contributed by atoms with van der Waals surface area (Å²) in [6, 6.07) is 7.18. The van der Waals surface area contributed by atoms with E-state index in [-0.39, 0.29) is 25.1 Å². The maximum absolute atomic E-state index is 13.2. The molecule has 0 radical (unpaired) electrons. The fourth-order valence-electron chi connectivity index (χ4n) is 5.02. The molecule has 1 unspecified atom stereocenters. The third-order valence-corrected chi connectivity index (χ3v) is 6.49. The van der Waals surface area contributed by atoms with Crippen LogP contribution in [0.2, 0.25) is 0 Å². The van der Waals surface area contributed by atoms with E-state index in [1.165, 1.54) is 4.90 Å². The lowest BCUT2D eigenvalue weighted by atomic mass is 9.88. The monoisotopic (exact) mass is 494 g/mol. The third kappa shape index (κ3) is 6.55. The Morgan fingerprint density at radius 2 is 2.03 bits per heavy atom. The highest BCUT2D eigenvalue weighted by Crippen LogP contribution is 2.35. The molecule has 2 aliphatic heterocycles. The summed E-state index contributed by atoms with van der Waals surface area (Å²) in [6.07, 6.45) is -0.275. The fourth-order valence-corrected chi connectivity index (χ4v) is 5.02. The summed E-state index contributed by atoms with van der Waals surface area (Å²) in [5.74, 6) is 0.660. The number of benzene rings is 1. The number of halogens is 3. The summed E-state index contributed by atoms with van der Waals surface area (Å²) >= 11 is 0. The minimum atomic E-state index is -4.28. The van der Waals surface area contributed by atoms with Crippen LogP contribution in [0.5, 0.6) is 5.75 Å². The Bertz CT molecular complexity index is 1000. The molecule has 192 valence electrons. The van der Waals surface area contributed by atoms with Crippen LogP contribution in [0, 0.1) is 6.92 Å². The SMILES string of the molecule is Cc1cc(C(=O)N2CCC3(CC2)CN(CC(F)(F)F)CC(Cn2cccn2)O3)ccc1OC(C)C. The van der Waals surface area contributed by atoms with Crippen LogP contribution in [-0.2, 0) is 11.3 Å². The molecule has 10 heteroatoms. The van der Waals surface area contributed by atoms with Gasteiger partial charge in [0.15, 0.2) is 0 Å². The van der Waals surface area contributed by atoms with Crippen molar-refractivity contribution in [3.63, 3.8) is 0 Å². The molecule has 2 aromatic rings. The molecule has 1 spiro atoms. The Labute approximate surface area is 203 Å². The molecule has 0 aliphatic carbocycles. The van der Waals surface area contributed by atoms with Crippen LogP contribution in [-0.4, -0.2) is 82.2 Å². The molecule has 4 rings (SSSR count). The molecule has 1 amide bonds. The number of hydrogen-bond acceptors (Lipinski definition) is 5. The van der Waals surface area contributed by atoms with Gasteiger partial charge in [-0.25, -0.2) is 0 Å². The van der Waals surface area contributed by atoms with Crippen LogP contribution < -0.4 is 4.74 Å². The van der Waals surface area contributed by atoms with E-state index in [4.69, 9.17) is 9.47 Å². The van der Waals surface area contributed by atoms with Gasteiger partial charge in [-0.1, -0.05) is 0 Å². The van der Waals surface area contributed by atoms with E-state index in [1.54, 1.807) is 34.1 Å². The minimum Gasteiger partial charge on any atom is -0.491 e. The molecule has 2 saturated heterocycles. The Balaban J connectivity index is 1.43. The van der Waals surface area contributed by atoms with Gasteiger partial charge in [0.2, 0.25) is 0 Å². The zero-order valence-electron chi connectivity index (χ0n) is 20.4. The first-order chi connectivity index (χ1) is 16.5. The molecule has 0 bridgehead atoms. The second-order valence-corrected chi connectivity index (χ2v) is 9.87. The second kappa shape index (κ2) is 10.2. The highest BCUT2D eigenvalue weighted by Gasteiger charge is 2.46. The zero-order chi connectivity index (χ0) is 25.2. The number of amides is 1. The number of piperidine rings is 1. The molecular weight excluding hydrogens is 461 g/mol. The quantitative estimate of drug-likeness (QED) is 0.610. The fraction of sp³-hybridized carbons (Fsp3) is 0.600. The van der Waals surface area contributed by atoms with Gasteiger partial charge in [0.25, 0.3) is 5.91 Å². The maximum Gasteiger partial charge on any atom is 0.401 e. The van der Waals surface area contributed by atoms with E-state index in [0.29, 0.717) is 38.0 Å². The van der Waals surface area contributed by atoms with E-state index in [0.717, 1.165) is 11.3 Å². The normalized spacial score (nSPS) is 21.0. The lowest BCUT2D eigenvalue weighted by Gasteiger charge is -2.50. The number of hydrogen-bond donors (Lipinski definition) is 0. The topological polar surface area (TPSA) is 59.8 Å². The molecule has 2 fully saturated rings. The molecule has 35 heavy (non-hydrogen) atoms. The van der Waals surface area contributed by atoms with Crippen molar-refractivity contribution < 1.29 is 27.4 Å². The van der Waals surface area contributed by atoms with E-state index >= 15 is 0 Å². The molecule has 1 aromatic heterocycles. The molecule has 2 aliphatic rings. The van der Waals surface area contributed by atoms with Crippen LogP contribution in [0.4, 0.5) is 13.2 Å². The van der Waals surface area contributed by atoms with Crippen LogP contribution in [0.3, 0.4) is 0 Å². The molecule has 0 N–H and O–H groups in total. The van der Waals surface area contributed by atoms with Crippen molar-refractivity contribution in [1.82, 2.24) is 19.6 Å². The molecule has 7 nitrogen and oxygen atoms in total. The van der Waals surface area contributed by atoms with Crippen molar-refractivity contribution in [2.75, 3.05) is 32.7 Å². The van der Waals surface area contributed by atoms with Crippen LogP contribution in [0.25, 0.3) is 0 Å². The lowest BCUT2D eigenvalue weighted by molar-refractivity contribution is -0.206. The summed E-state index contributed by atoms with van der Waals surface area (Å²) in [5, 5.41) is 4.18. The first-order valence-corrected chi connectivity index (χ1v) is 12.0. The minimum absolute atomic E-state index is 0.0399. The van der Waals surface area contributed by atoms with Gasteiger partial charge in [0, 0.05) is 44.1 Å². The van der Waals surface area contributed by atoms with Crippen LogP contribution >= 0.6 is 0 Å². The number of rotatable bonds is 6. The number of aryl methyl sites for hydroxylation is 1. The Morgan fingerprint density at radius 3 is 2.63 bits per heavy atom. The van der Waals surface area contributed by atoms with Gasteiger partial charge in [0.05, 0.1) is 30.9 Å². The lowest BCUT2D eigenvalue weighted by Crippen LogP contribution is -2.61. The Kier molecular flexibility index (Phi) is 7.42. The molecule has 1 aromatic carbocycles. The zero-order valence-corrected chi connectivity index (χ0v) is 20.4. The largest absolute Gasteiger partial charge is 0.491 e. The Hall–Kier alpha value is -2.59. The van der Waals surface area contributed by atoms with Crippen molar-refractivity contribution in [2.24, 2.45) is 0 Å².